The fourth-order valence-electron chi connectivity index (χ4n) is 2.49. The summed E-state index contributed by atoms with van der Waals surface area (Å²) < 4.78 is 10.7. The summed E-state index contributed by atoms with van der Waals surface area (Å²) in [5.41, 5.74) is 0.518. The Bertz CT molecular complexity index is 1080. The molecule has 0 bridgehead atoms. The van der Waals surface area contributed by atoms with Gasteiger partial charge in [-0.2, -0.15) is 0 Å². The van der Waals surface area contributed by atoms with Crippen LogP contribution in [0.5, 0.6) is 5.75 Å². The van der Waals surface area contributed by atoms with Gasteiger partial charge < -0.3 is 19.6 Å². The van der Waals surface area contributed by atoms with E-state index in [2.05, 4.69) is 5.32 Å². The lowest BCUT2D eigenvalue weighted by molar-refractivity contribution is 0.0696. The number of hydrogen-bond acceptors (Lipinski definition) is 4. The third-order valence-electron chi connectivity index (χ3n) is 3.77. The van der Waals surface area contributed by atoms with E-state index in [-0.39, 0.29) is 27.8 Å². The van der Waals surface area contributed by atoms with Gasteiger partial charge in [0.2, 0.25) is 0 Å². The molecule has 0 aliphatic carbocycles. The number of carbonyl (C=O) groups excluding carboxylic acids is 1. The van der Waals surface area contributed by atoms with Crippen LogP contribution >= 0.6 is 34.8 Å². The molecule has 1 aromatic heterocycles. The first kappa shape index (κ1) is 20.1. The van der Waals surface area contributed by atoms with E-state index in [1.54, 1.807) is 24.3 Å². The highest BCUT2D eigenvalue weighted by Gasteiger charge is 2.19. The van der Waals surface area contributed by atoms with Crippen molar-refractivity contribution in [3.8, 4) is 17.1 Å². The summed E-state index contributed by atoms with van der Waals surface area (Å²) in [4.78, 5) is 23.8. The number of aromatic carboxylic acids is 1. The predicted molar refractivity (Wildman–Crippen MR) is 107 cm³/mol. The number of hydrogen-bond donors (Lipinski definition) is 2. The van der Waals surface area contributed by atoms with Crippen LogP contribution in [0.3, 0.4) is 0 Å². The van der Waals surface area contributed by atoms with Gasteiger partial charge in [-0.1, -0.05) is 34.8 Å². The van der Waals surface area contributed by atoms with Crippen LogP contribution in [0.15, 0.2) is 46.9 Å². The van der Waals surface area contributed by atoms with Crippen molar-refractivity contribution in [1.29, 1.82) is 0 Å². The fourth-order valence-corrected chi connectivity index (χ4v) is 3.17. The third kappa shape index (κ3) is 4.09. The Morgan fingerprint density at radius 3 is 2.46 bits per heavy atom. The number of ether oxygens (including phenoxy) is 1. The molecule has 0 unspecified atom stereocenters. The molecule has 1 heterocycles. The monoisotopic (exact) mass is 439 g/mol. The molecule has 0 atom stereocenters. The Morgan fingerprint density at radius 1 is 1.04 bits per heavy atom. The average molecular weight is 441 g/mol. The average Bonchev–Trinajstić information content (AvgIpc) is 3.13. The molecule has 9 heteroatoms. The molecule has 6 nitrogen and oxygen atoms in total. The molecule has 1 amide bonds. The summed E-state index contributed by atoms with van der Waals surface area (Å²) in [6.07, 6.45) is 0. The number of methoxy groups -OCH3 is 1. The summed E-state index contributed by atoms with van der Waals surface area (Å²) in [6, 6.07) is 10.4. The number of amides is 1. The summed E-state index contributed by atoms with van der Waals surface area (Å²) in [5, 5.41) is 12.6. The van der Waals surface area contributed by atoms with Gasteiger partial charge >= 0.3 is 5.97 Å². The molecule has 2 N–H and O–H groups in total. The number of carboxylic acids is 1. The molecular weight excluding hydrogens is 429 g/mol. The molecule has 144 valence electrons. The standard InChI is InChI=1S/C19H12Cl3NO5/c1-27-17-13(22)6-9(19(25)26)7-14(17)23-18(24)16-5-4-15(28-16)11-8-10(20)2-3-12(11)21/h2-8H,1H3,(H,23,24)(H,25,26). The van der Waals surface area contributed by atoms with Crippen molar-refractivity contribution < 1.29 is 23.8 Å². The Hall–Kier alpha value is -2.67. The molecule has 0 aliphatic heterocycles. The van der Waals surface area contributed by atoms with Crippen LogP contribution < -0.4 is 10.1 Å². The lowest BCUT2D eigenvalue weighted by Gasteiger charge is -2.12. The molecule has 0 aliphatic rings. The minimum absolute atomic E-state index is 0.0232. The summed E-state index contributed by atoms with van der Waals surface area (Å²) in [5.74, 6) is -1.37. The van der Waals surface area contributed by atoms with E-state index >= 15 is 0 Å². The van der Waals surface area contributed by atoms with Gasteiger partial charge in [0.1, 0.15) is 5.76 Å². The minimum atomic E-state index is -1.20. The molecule has 0 saturated heterocycles. The topological polar surface area (TPSA) is 88.8 Å². The zero-order valence-electron chi connectivity index (χ0n) is 14.3. The Morgan fingerprint density at radius 2 is 1.79 bits per heavy atom. The van der Waals surface area contributed by atoms with Gasteiger partial charge in [0, 0.05) is 10.6 Å². The van der Waals surface area contributed by atoms with Gasteiger partial charge in [-0.3, -0.25) is 4.79 Å². The normalized spacial score (nSPS) is 10.6. The number of benzene rings is 2. The van der Waals surface area contributed by atoms with Crippen LogP contribution in [0, 0.1) is 0 Å². The molecule has 3 aromatic rings. The van der Waals surface area contributed by atoms with Gasteiger partial charge in [-0.15, -0.1) is 0 Å². The van der Waals surface area contributed by atoms with E-state index in [9.17, 15) is 14.7 Å². The van der Waals surface area contributed by atoms with E-state index in [0.29, 0.717) is 21.4 Å². The molecule has 0 saturated carbocycles. The van der Waals surface area contributed by atoms with Crippen molar-refractivity contribution >= 4 is 52.4 Å². The lowest BCUT2D eigenvalue weighted by atomic mass is 10.1. The van der Waals surface area contributed by atoms with E-state index in [4.69, 9.17) is 44.0 Å². The van der Waals surface area contributed by atoms with Crippen LogP contribution in [0.25, 0.3) is 11.3 Å². The molecular formula is C19H12Cl3NO5. The Balaban J connectivity index is 1.92. The first-order valence-corrected chi connectivity index (χ1v) is 8.91. The largest absolute Gasteiger partial charge is 0.493 e. The second-order valence-electron chi connectivity index (χ2n) is 5.59. The van der Waals surface area contributed by atoms with Crippen molar-refractivity contribution in [3.05, 3.63) is 68.9 Å². The van der Waals surface area contributed by atoms with Crippen molar-refractivity contribution in [1.82, 2.24) is 0 Å². The smallest absolute Gasteiger partial charge is 0.335 e. The highest BCUT2D eigenvalue weighted by molar-refractivity contribution is 6.35. The highest BCUT2D eigenvalue weighted by Crippen LogP contribution is 2.35. The first-order chi connectivity index (χ1) is 13.3. The van der Waals surface area contributed by atoms with Crippen molar-refractivity contribution in [2.24, 2.45) is 0 Å². The number of rotatable bonds is 5. The third-order valence-corrected chi connectivity index (χ3v) is 4.61. The van der Waals surface area contributed by atoms with Gasteiger partial charge in [-0.25, -0.2) is 4.79 Å². The molecule has 0 fully saturated rings. The van der Waals surface area contributed by atoms with Crippen molar-refractivity contribution in [3.63, 3.8) is 0 Å². The number of furan rings is 1. The van der Waals surface area contributed by atoms with E-state index < -0.39 is 11.9 Å². The maximum absolute atomic E-state index is 12.6. The highest BCUT2D eigenvalue weighted by atomic mass is 35.5. The zero-order chi connectivity index (χ0) is 20.4. The summed E-state index contributed by atoms with van der Waals surface area (Å²) in [6.45, 7) is 0. The number of nitrogens with one attached hydrogen (secondary N) is 1. The maximum Gasteiger partial charge on any atom is 0.335 e. The van der Waals surface area contributed by atoms with Crippen LogP contribution in [-0.2, 0) is 0 Å². The zero-order valence-corrected chi connectivity index (χ0v) is 16.5. The van der Waals surface area contributed by atoms with E-state index in [1.165, 1.54) is 25.3 Å². The number of anilines is 1. The molecule has 0 spiro atoms. The summed E-state index contributed by atoms with van der Waals surface area (Å²) >= 11 is 18.2. The quantitative estimate of drug-likeness (QED) is 0.518. The van der Waals surface area contributed by atoms with Crippen LogP contribution in [0.1, 0.15) is 20.9 Å². The van der Waals surface area contributed by atoms with E-state index in [1.807, 2.05) is 0 Å². The Kier molecular flexibility index (Phi) is 5.84. The molecule has 28 heavy (non-hydrogen) atoms. The second-order valence-corrected chi connectivity index (χ2v) is 6.84. The SMILES string of the molecule is COc1c(Cl)cc(C(=O)O)cc1NC(=O)c1ccc(-c2cc(Cl)ccc2Cl)o1. The Labute approximate surface area is 174 Å². The first-order valence-electron chi connectivity index (χ1n) is 7.77. The lowest BCUT2D eigenvalue weighted by Crippen LogP contribution is -2.13. The molecule has 3 rings (SSSR count). The molecule has 0 radical (unpaired) electrons. The number of halogens is 3. The van der Waals surface area contributed by atoms with Crippen LogP contribution in [-0.4, -0.2) is 24.1 Å². The fraction of sp³-hybridized carbons (Fsp3) is 0.0526. The number of carboxylic acid groups (broad SMARTS) is 1. The van der Waals surface area contributed by atoms with Gasteiger partial charge in [0.25, 0.3) is 5.91 Å². The second kappa shape index (κ2) is 8.14. The number of carbonyl (C=O) groups is 2. The maximum atomic E-state index is 12.6. The van der Waals surface area contributed by atoms with Gasteiger partial charge in [-0.05, 0) is 42.5 Å². The molecule has 2 aromatic carbocycles. The van der Waals surface area contributed by atoms with Crippen molar-refractivity contribution in [2.75, 3.05) is 12.4 Å². The van der Waals surface area contributed by atoms with Crippen molar-refractivity contribution in [2.45, 2.75) is 0 Å². The predicted octanol–water partition coefficient (Wildman–Crippen LogP) is 5.87. The van der Waals surface area contributed by atoms with Gasteiger partial charge in [0.05, 0.1) is 28.4 Å². The minimum Gasteiger partial charge on any atom is -0.493 e. The van der Waals surface area contributed by atoms with Crippen LogP contribution in [0.2, 0.25) is 15.1 Å². The van der Waals surface area contributed by atoms with Crippen LogP contribution in [0.4, 0.5) is 5.69 Å². The van der Waals surface area contributed by atoms with Gasteiger partial charge in [0.15, 0.2) is 11.5 Å². The van der Waals surface area contributed by atoms with E-state index in [0.717, 1.165) is 0 Å². The summed E-state index contributed by atoms with van der Waals surface area (Å²) in [7, 11) is 1.35.